The Hall–Kier alpha value is -1.13. The van der Waals surface area contributed by atoms with Gasteiger partial charge in [-0.3, -0.25) is 0 Å². The van der Waals surface area contributed by atoms with E-state index in [4.69, 9.17) is 4.52 Å². The average molecular weight is 236 g/mol. The van der Waals surface area contributed by atoms with E-state index in [1.165, 1.54) is 4.88 Å². The fraction of sp³-hybridized carbons (Fsp3) is 0.417. The zero-order chi connectivity index (χ0) is 11.5. The number of thiophene rings is 1. The molecule has 0 bridgehead atoms. The van der Waals surface area contributed by atoms with Crippen molar-refractivity contribution in [2.45, 2.75) is 33.4 Å². The summed E-state index contributed by atoms with van der Waals surface area (Å²) in [6.45, 7) is 7.15. The molecule has 0 unspecified atom stereocenters. The van der Waals surface area contributed by atoms with Crippen molar-refractivity contribution in [3.8, 4) is 10.6 Å². The summed E-state index contributed by atoms with van der Waals surface area (Å²) in [5.41, 5.74) is 1.12. The normalized spacial score (nSPS) is 11.2. The molecule has 2 heterocycles. The molecule has 0 aliphatic rings. The highest BCUT2D eigenvalue weighted by Gasteiger charge is 2.12. The highest BCUT2D eigenvalue weighted by atomic mass is 32.1. The summed E-state index contributed by atoms with van der Waals surface area (Å²) in [5, 5.41) is 7.25. The zero-order valence-electron chi connectivity index (χ0n) is 9.78. The van der Waals surface area contributed by atoms with Gasteiger partial charge in [-0.05, 0) is 19.1 Å². The van der Waals surface area contributed by atoms with E-state index < -0.39 is 0 Å². The van der Waals surface area contributed by atoms with Gasteiger partial charge in [0.2, 0.25) is 0 Å². The van der Waals surface area contributed by atoms with Gasteiger partial charge in [-0.15, -0.1) is 11.3 Å². The number of hydrogen-bond acceptors (Lipinski definition) is 4. The summed E-state index contributed by atoms with van der Waals surface area (Å²) in [6.07, 6.45) is 1.79. The summed E-state index contributed by atoms with van der Waals surface area (Å²) >= 11 is 1.73. The lowest BCUT2D eigenvalue weighted by Crippen LogP contribution is -2.21. The second-order valence-corrected chi connectivity index (χ2v) is 5.41. The fourth-order valence-corrected chi connectivity index (χ4v) is 2.34. The van der Waals surface area contributed by atoms with Gasteiger partial charge in [0.1, 0.15) is 0 Å². The van der Waals surface area contributed by atoms with Gasteiger partial charge in [-0.1, -0.05) is 19.0 Å². The van der Waals surface area contributed by atoms with E-state index in [1.807, 2.05) is 0 Å². The van der Waals surface area contributed by atoms with Gasteiger partial charge in [0.25, 0.3) is 0 Å². The molecule has 0 saturated carbocycles. The molecular formula is C12H16N2OS. The van der Waals surface area contributed by atoms with Crippen LogP contribution >= 0.6 is 11.3 Å². The largest absolute Gasteiger partial charge is 0.355 e. The summed E-state index contributed by atoms with van der Waals surface area (Å²) in [4.78, 5) is 2.43. The molecule has 0 atom stereocenters. The number of rotatable bonds is 4. The third-order valence-corrected chi connectivity index (χ3v) is 3.31. The van der Waals surface area contributed by atoms with E-state index in [0.717, 1.165) is 22.7 Å². The molecule has 0 aromatic carbocycles. The highest BCUT2D eigenvalue weighted by Crippen LogP contribution is 2.30. The Labute approximate surface area is 99.5 Å². The third kappa shape index (κ3) is 2.51. The SMILES string of the molecule is Cc1ccc(-c2oncc2CNC(C)C)s1. The predicted molar refractivity (Wildman–Crippen MR) is 66.5 cm³/mol. The number of nitrogens with zero attached hydrogens (tertiary/aromatic N) is 1. The molecule has 1 N–H and O–H groups in total. The lowest BCUT2D eigenvalue weighted by molar-refractivity contribution is 0.432. The molecule has 0 spiro atoms. The molecule has 0 saturated heterocycles. The smallest absolute Gasteiger partial charge is 0.181 e. The lowest BCUT2D eigenvalue weighted by Gasteiger charge is -2.06. The van der Waals surface area contributed by atoms with E-state index in [2.05, 4.69) is 43.4 Å². The van der Waals surface area contributed by atoms with Crippen molar-refractivity contribution in [3.63, 3.8) is 0 Å². The summed E-state index contributed by atoms with van der Waals surface area (Å²) in [7, 11) is 0. The van der Waals surface area contributed by atoms with Crippen molar-refractivity contribution >= 4 is 11.3 Å². The molecule has 0 aliphatic carbocycles. The first-order valence-electron chi connectivity index (χ1n) is 5.40. The van der Waals surface area contributed by atoms with Crippen molar-refractivity contribution in [1.82, 2.24) is 10.5 Å². The Morgan fingerprint density at radius 2 is 2.25 bits per heavy atom. The second kappa shape index (κ2) is 4.80. The molecule has 2 aromatic rings. The van der Waals surface area contributed by atoms with Gasteiger partial charge in [0.15, 0.2) is 5.76 Å². The van der Waals surface area contributed by atoms with Crippen molar-refractivity contribution in [2.75, 3.05) is 0 Å². The van der Waals surface area contributed by atoms with Crippen LogP contribution in [0.3, 0.4) is 0 Å². The number of hydrogen-bond donors (Lipinski definition) is 1. The molecule has 2 aromatic heterocycles. The molecule has 4 heteroatoms. The monoisotopic (exact) mass is 236 g/mol. The van der Waals surface area contributed by atoms with Crippen LogP contribution in [0.4, 0.5) is 0 Å². The quantitative estimate of drug-likeness (QED) is 0.885. The molecule has 16 heavy (non-hydrogen) atoms. The van der Waals surface area contributed by atoms with Crippen LogP contribution in [0.1, 0.15) is 24.3 Å². The van der Waals surface area contributed by atoms with Gasteiger partial charge in [0, 0.05) is 23.0 Å². The molecule has 0 radical (unpaired) electrons. The molecule has 2 rings (SSSR count). The van der Waals surface area contributed by atoms with E-state index in [0.29, 0.717) is 6.04 Å². The zero-order valence-corrected chi connectivity index (χ0v) is 10.6. The van der Waals surface area contributed by atoms with Crippen LogP contribution in [0.2, 0.25) is 0 Å². The van der Waals surface area contributed by atoms with Crippen LogP contribution in [0.25, 0.3) is 10.6 Å². The van der Waals surface area contributed by atoms with Crippen LogP contribution in [-0.2, 0) is 6.54 Å². The molecule has 3 nitrogen and oxygen atoms in total. The first kappa shape index (κ1) is 11.4. The second-order valence-electron chi connectivity index (χ2n) is 4.13. The first-order chi connectivity index (χ1) is 7.66. The Morgan fingerprint density at radius 1 is 1.44 bits per heavy atom. The van der Waals surface area contributed by atoms with Crippen LogP contribution < -0.4 is 5.32 Å². The maximum absolute atomic E-state index is 5.32. The minimum absolute atomic E-state index is 0.466. The maximum atomic E-state index is 5.32. The van der Waals surface area contributed by atoms with E-state index in [9.17, 15) is 0 Å². The summed E-state index contributed by atoms with van der Waals surface area (Å²) < 4.78 is 5.32. The van der Waals surface area contributed by atoms with E-state index in [-0.39, 0.29) is 0 Å². The number of aromatic nitrogens is 1. The lowest BCUT2D eigenvalue weighted by atomic mass is 10.2. The molecule has 0 amide bonds. The molecule has 86 valence electrons. The van der Waals surface area contributed by atoms with Crippen LogP contribution in [0.5, 0.6) is 0 Å². The minimum Gasteiger partial charge on any atom is -0.355 e. The van der Waals surface area contributed by atoms with Gasteiger partial charge >= 0.3 is 0 Å². The summed E-state index contributed by atoms with van der Waals surface area (Å²) in [5.74, 6) is 0.895. The third-order valence-electron chi connectivity index (χ3n) is 2.31. The Kier molecular flexibility index (Phi) is 3.41. The maximum Gasteiger partial charge on any atom is 0.181 e. The molecule has 0 fully saturated rings. The minimum atomic E-state index is 0.466. The van der Waals surface area contributed by atoms with Crippen molar-refractivity contribution < 1.29 is 4.52 Å². The number of nitrogens with one attached hydrogen (secondary N) is 1. The van der Waals surface area contributed by atoms with Gasteiger partial charge < -0.3 is 9.84 Å². The average Bonchev–Trinajstić information content (AvgIpc) is 2.82. The van der Waals surface area contributed by atoms with Crippen LogP contribution in [0, 0.1) is 6.92 Å². The fourth-order valence-electron chi connectivity index (χ4n) is 1.46. The Bertz CT molecular complexity index is 459. The Morgan fingerprint density at radius 3 is 2.88 bits per heavy atom. The molecule has 0 aliphatic heterocycles. The first-order valence-corrected chi connectivity index (χ1v) is 6.22. The number of aryl methyl sites for hydroxylation is 1. The van der Waals surface area contributed by atoms with Gasteiger partial charge in [-0.2, -0.15) is 0 Å². The predicted octanol–water partition coefficient (Wildman–Crippen LogP) is 3.21. The van der Waals surface area contributed by atoms with Crippen molar-refractivity contribution in [3.05, 3.63) is 28.8 Å². The topological polar surface area (TPSA) is 38.1 Å². The van der Waals surface area contributed by atoms with Crippen LogP contribution in [-0.4, -0.2) is 11.2 Å². The van der Waals surface area contributed by atoms with Gasteiger partial charge in [-0.25, -0.2) is 0 Å². The van der Waals surface area contributed by atoms with Crippen LogP contribution in [0.15, 0.2) is 22.9 Å². The molecular weight excluding hydrogens is 220 g/mol. The van der Waals surface area contributed by atoms with Gasteiger partial charge in [0.05, 0.1) is 11.1 Å². The highest BCUT2D eigenvalue weighted by molar-refractivity contribution is 7.15. The Balaban J connectivity index is 2.19. The van der Waals surface area contributed by atoms with Crippen molar-refractivity contribution in [2.24, 2.45) is 0 Å². The summed E-state index contributed by atoms with van der Waals surface area (Å²) in [6, 6.07) is 4.65. The standard InChI is InChI=1S/C12H16N2OS/c1-8(2)13-6-10-7-14-15-12(10)11-5-4-9(3)16-11/h4-5,7-8,13H,6H2,1-3H3. The van der Waals surface area contributed by atoms with E-state index >= 15 is 0 Å². The van der Waals surface area contributed by atoms with E-state index in [1.54, 1.807) is 17.5 Å². The van der Waals surface area contributed by atoms with Crippen molar-refractivity contribution in [1.29, 1.82) is 0 Å².